The van der Waals surface area contributed by atoms with Gasteiger partial charge in [-0.25, -0.2) is 8.78 Å². The molecule has 0 unspecified atom stereocenters. The highest BCUT2D eigenvalue weighted by Gasteiger charge is 2.28. The minimum atomic E-state index is -2.70. The lowest BCUT2D eigenvalue weighted by molar-refractivity contribution is -0.118. The molecule has 0 saturated heterocycles. The van der Waals surface area contributed by atoms with Crippen LogP contribution in [0.5, 0.6) is 5.88 Å². The van der Waals surface area contributed by atoms with Gasteiger partial charge in [0.1, 0.15) is 11.4 Å². The molecule has 14 heavy (non-hydrogen) atoms. The number of amides is 1. The fraction of sp³-hybridized carbons (Fsp3) is 0.429. The van der Waals surface area contributed by atoms with Crippen molar-refractivity contribution in [3.8, 4) is 5.88 Å². The molecule has 1 aliphatic heterocycles. The maximum absolute atomic E-state index is 12.5. The monoisotopic (exact) mass is 203 g/mol. The van der Waals surface area contributed by atoms with E-state index in [1.54, 1.807) is 0 Å². The maximum atomic E-state index is 12.5. The van der Waals surface area contributed by atoms with E-state index in [4.69, 9.17) is 4.74 Å². The Labute approximate surface area is 77.6 Å². The zero-order valence-corrected chi connectivity index (χ0v) is 7.25. The summed E-state index contributed by atoms with van der Waals surface area (Å²) in [6.07, 6.45) is -2.70. The van der Waals surface area contributed by atoms with Gasteiger partial charge in [0.25, 0.3) is 18.2 Å². The molecule has 7 heteroatoms. The largest absolute Gasteiger partial charge is 0.465 e. The van der Waals surface area contributed by atoms with Gasteiger partial charge in [-0.2, -0.15) is 0 Å². The molecule has 0 atom stereocenters. The molecule has 1 amide bonds. The molecular weight excluding hydrogens is 196 g/mol. The second-order valence-electron chi connectivity index (χ2n) is 2.83. The lowest BCUT2D eigenvalue weighted by Gasteiger charge is -2.13. The number of hydrogen-bond acceptors (Lipinski definition) is 3. The summed E-state index contributed by atoms with van der Waals surface area (Å²) in [4.78, 5) is 10.9. The molecular formula is C7H7F2N3O2. The highest BCUT2D eigenvalue weighted by atomic mass is 19.3. The highest BCUT2D eigenvalue weighted by Crippen LogP contribution is 2.35. The van der Waals surface area contributed by atoms with Crippen LogP contribution in [0.25, 0.3) is 0 Å². The molecule has 1 aromatic heterocycles. The van der Waals surface area contributed by atoms with E-state index in [0.717, 1.165) is 4.68 Å². The number of anilines is 1. The topological polar surface area (TPSA) is 56.2 Å². The van der Waals surface area contributed by atoms with Gasteiger partial charge < -0.3 is 10.1 Å². The summed E-state index contributed by atoms with van der Waals surface area (Å²) in [5, 5.41) is 6.01. The average Bonchev–Trinajstić information content (AvgIpc) is 2.40. The first-order chi connectivity index (χ1) is 6.59. The third kappa shape index (κ3) is 1.21. The Hall–Kier alpha value is -1.66. The lowest BCUT2D eigenvalue weighted by Crippen LogP contribution is -2.25. The predicted octanol–water partition coefficient (Wildman–Crippen LogP) is 0.689. The van der Waals surface area contributed by atoms with Crippen LogP contribution in [0.1, 0.15) is 12.1 Å². The van der Waals surface area contributed by atoms with Gasteiger partial charge in [0.15, 0.2) is 6.61 Å². The van der Waals surface area contributed by atoms with Crippen molar-refractivity contribution in [1.82, 2.24) is 9.78 Å². The summed E-state index contributed by atoms with van der Waals surface area (Å²) < 4.78 is 30.9. The van der Waals surface area contributed by atoms with Crippen molar-refractivity contribution < 1.29 is 18.3 Å². The molecule has 0 fully saturated rings. The molecule has 0 saturated carbocycles. The van der Waals surface area contributed by atoms with E-state index in [1.165, 1.54) is 7.05 Å². The van der Waals surface area contributed by atoms with Crippen molar-refractivity contribution in [2.75, 3.05) is 11.9 Å². The molecule has 2 rings (SSSR count). The molecule has 0 aromatic carbocycles. The van der Waals surface area contributed by atoms with Crippen LogP contribution in [-0.4, -0.2) is 22.3 Å². The van der Waals surface area contributed by atoms with Crippen LogP contribution in [0, 0.1) is 0 Å². The van der Waals surface area contributed by atoms with Gasteiger partial charge >= 0.3 is 0 Å². The Morgan fingerprint density at radius 2 is 2.36 bits per heavy atom. The zero-order valence-electron chi connectivity index (χ0n) is 7.25. The number of carbonyl (C=O) groups excluding carboxylic acids is 1. The quantitative estimate of drug-likeness (QED) is 0.730. The number of nitrogens with zero attached hydrogens (tertiary/aromatic N) is 2. The molecule has 0 radical (unpaired) electrons. The van der Waals surface area contributed by atoms with Gasteiger partial charge in [0.05, 0.1) is 0 Å². The minimum absolute atomic E-state index is 0.0289. The van der Waals surface area contributed by atoms with E-state index >= 15 is 0 Å². The lowest BCUT2D eigenvalue weighted by atomic mass is 10.3. The van der Waals surface area contributed by atoms with Crippen LogP contribution in [0.2, 0.25) is 0 Å². The Balaban J connectivity index is 2.50. The van der Waals surface area contributed by atoms with Gasteiger partial charge in [-0.15, -0.1) is 5.10 Å². The van der Waals surface area contributed by atoms with Gasteiger partial charge in [-0.3, -0.25) is 9.48 Å². The molecule has 1 aliphatic rings. The molecule has 5 nitrogen and oxygen atoms in total. The molecule has 1 aromatic rings. The summed E-state index contributed by atoms with van der Waals surface area (Å²) in [5.74, 6) is -0.408. The Kier molecular flexibility index (Phi) is 1.87. The maximum Gasteiger partial charge on any atom is 0.282 e. The van der Waals surface area contributed by atoms with E-state index in [9.17, 15) is 13.6 Å². The molecule has 0 aliphatic carbocycles. The number of carbonyl (C=O) groups is 1. The summed E-state index contributed by atoms with van der Waals surface area (Å²) in [5.41, 5.74) is -0.369. The molecule has 2 heterocycles. The molecule has 76 valence electrons. The van der Waals surface area contributed by atoms with Crippen LogP contribution in [0.4, 0.5) is 14.5 Å². The third-order valence-corrected chi connectivity index (χ3v) is 1.87. The van der Waals surface area contributed by atoms with Gasteiger partial charge in [0, 0.05) is 7.05 Å². The predicted molar refractivity (Wildman–Crippen MR) is 42.3 cm³/mol. The molecule has 0 spiro atoms. The number of halogens is 2. The van der Waals surface area contributed by atoms with E-state index < -0.39 is 12.3 Å². The van der Waals surface area contributed by atoms with E-state index in [2.05, 4.69) is 10.4 Å². The fourth-order valence-electron chi connectivity index (χ4n) is 1.29. The van der Waals surface area contributed by atoms with Crippen molar-refractivity contribution >= 4 is 11.6 Å². The van der Waals surface area contributed by atoms with Gasteiger partial charge in [-0.1, -0.05) is 0 Å². The molecule has 1 N–H and O–H groups in total. The first-order valence-corrected chi connectivity index (χ1v) is 3.87. The van der Waals surface area contributed by atoms with Crippen molar-refractivity contribution in [3.05, 3.63) is 5.69 Å². The zero-order chi connectivity index (χ0) is 10.3. The first-order valence-electron chi connectivity index (χ1n) is 3.87. The third-order valence-electron chi connectivity index (χ3n) is 1.87. The number of ether oxygens (including phenoxy) is 1. The number of aryl methyl sites for hydroxylation is 1. The SMILES string of the molecule is Cn1nc2c(c1C(F)F)NC(=O)CO2. The van der Waals surface area contributed by atoms with Crippen LogP contribution in [0.3, 0.4) is 0 Å². The summed E-state index contributed by atoms with van der Waals surface area (Å²) in [6.45, 7) is -0.188. The van der Waals surface area contributed by atoms with Gasteiger partial charge in [0.2, 0.25) is 0 Å². The smallest absolute Gasteiger partial charge is 0.282 e. The van der Waals surface area contributed by atoms with Crippen molar-refractivity contribution in [3.63, 3.8) is 0 Å². The Bertz CT molecular complexity index is 389. The summed E-state index contributed by atoms with van der Waals surface area (Å²) >= 11 is 0. The number of aromatic nitrogens is 2. The average molecular weight is 203 g/mol. The van der Waals surface area contributed by atoms with Crippen LogP contribution >= 0.6 is 0 Å². The van der Waals surface area contributed by atoms with Crippen LogP contribution in [-0.2, 0) is 11.8 Å². The van der Waals surface area contributed by atoms with E-state index in [1.807, 2.05) is 0 Å². The second kappa shape index (κ2) is 2.93. The van der Waals surface area contributed by atoms with Crippen LogP contribution < -0.4 is 10.1 Å². The van der Waals surface area contributed by atoms with Gasteiger partial charge in [-0.05, 0) is 0 Å². The molecule has 0 bridgehead atoms. The first kappa shape index (κ1) is 8.92. The minimum Gasteiger partial charge on any atom is -0.465 e. The van der Waals surface area contributed by atoms with E-state index in [-0.39, 0.29) is 23.9 Å². The normalized spacial score (nSPS) is 15.0. The van der Waals surface area contributed by atoms with Crippen molar-refractivity contribution in [2.24, 2.45) is 7.05 Å². The standard InChI is InChI=1S/C7H7F2N3O2/c1-12-5(6(8)9)4-7(11-12)14-2-3(13)10-4/h6H,2H2,1H3,(H,10,13). The van der Waals surface area contributed by atoms with Crippen LogP contribution in [0.15, 0.2) is 0 Å². The highest BCUT2D eigenvalue weighted by molar-refractivity contribution is 5.95. The number of fused-ring (bicyclic) bond motifs is 1. The summed E-state index contributed by atoms with van der Waals surface area (Å²) in [6, 6.07) is 0. The second-order valence-corrected chi connectivity index (χ2v) is 2.83. The summed E-state index contributed by atoms with van der Waals surface area (Å²) in [7, 11) is 1.37. The van der Waals surface area contributed by atoms with E-state index in [0.29, 0.717) is 0 Å². The Morgan fingerprint density at radius 1 is 1.64 bits per heavy atom. The number of alkyl halides is 2. The van der Waals surface area contributed by atoms with Crippen molar-refractivity contribution in [1.29, 1.82) is 0 Å². The number of nitrogens with one attached hydrogen (secondary N) is 1. The number of rotatable bonds is 1. The number of hydrogen-bond donors (Lipinski definition) is 1. The Morgan fingerprint density at radius 3 is 3.00 bits per heavy atom. The van der Waals surface area contributed by atoms with Crippen molar-refractivity contribution in [2.45, 2.75) is 6.43 Å². The fourth-order valence-corrected chi connectivity index (χ4v) is 1.29.